The number of methoxy groups -OCH3 is 1. The van der Waals surface area contributed by atoms with Crippen molar-refractivity contribution in [1.29, 1.82) is 0 Å². The van der Waals surface area contributed by atoms with E-state index in [0.29, 0.717) is 0 Å². The zero-order valence-electron chi connectivity index (χ0n) is 16.1. The second kappa shape index (κ2) is 17.8. The molecule has 2 atom stereocenters. The van der Waals surface area contributed by atoms with E-state index in [-0.39, 0.29) is 17.9 Å². The molecular weight excluding hydrogens is 280 g/mol. The third kappa shape index (κ3) is 15.1. The van der Waals surface area contributed by atoms with Gasteiger partial charge in [-0.15, -0.1) is 0 Å². The maximum Gasteiger partial charge on any atom is 0.407 e. The second-order valence-corrected chi connectivity index (χ2v) is 5.18. The Morgan fingerprint density at radius 2 is 1.41 bits per heavy atom. The highest BCUT2D eigenvalue weighted by Gasteiger charge is 2.24. The number of unbranched alkanes of at least 4 members (excludes halogenated alkanes) is 1. The normalized spacial score (nSPS) is 11.9. The summed E-state index contributed by atoms with van der Waals surface area (Å²) in [7, 11) is 1.28. The monoisotopic (exact) mass is 318 g/mol. The van der Waals surface area contributed by atoms with Crippen LogP contribution in [0, 0.1) is 5.92 Å². The van der Waals surface area contributed by atoms with Crippen LogP contribution in [0.4, 0.5) is 4.79 Å². The number of amides is 2. The lowest BCUT2D eigenvalue weighted by atomic mass is 10.0. The summed E-state index contributed by atoms with van der Waals surface area (Å²) in [6.45, 7) is 16.0. The number of carbonyl (C=O) groups excluding carboxylic acids is 2. The first-order chi connectivity index (χ1) is 10.3. The minimum Gasteiger partial charge on any atom is -0.453 e. The van der Waals surface area contributed by atoms with Crippen LogP contribution in [0.1, 0.15) is 74.7 Å². The molecule has 0 heterocycles. The van der Waals surface area contributed by atoms with Crippen molar-refractivity contribution in [2.24, 2.45) is 5.92 Å². The average molecular weight is 319 g/mol. The van der Waals surface area contributed by atoms with Crippen LogP contribution in [0.3, 0.4) is 0 Å². The topological polar surface area (TPSA) is 67.4 Å². The van der Waals surface area contributed by atoms with Gasteiger partial charge < -0.3 is 15.4 Å². The maximum atomic E-state index is 11.8. The summed E-state index contributed by atoms with van der Waals surface area (Å²) in [5, 5.41) is 5.35. The van der Waals surface area contributed by atoms with Crippen molar-refractivity contribution in [2.45, 2.75) is 86.7 Å². The van der Waals surface area contributed by atoms with Gasteiger partial charge in [0, 0.05) is 6.04 Å². The van der Waals surface area contributed by atoms with Gasteiger partial charge in [0.1, 0.15) is 6.04 Å². The van der Waals surface area contributed by atoms with E-state index in [1.165, 1.54) is 20.0 Å². The van der Waals surface area contributed by atoms with Gasteiger partial charge in [-0.1, -0.05) is 61.3 Å². The highest BCUT2D eigenvalue weighted by molar-refractivity contribution is 5.86. The largest absolute Gasteiger partial charge is 0.453 e. The first-order valence-corrected chi connectivity index (χ1v) is 8.48. The fraction of sp³-hybridized carbons (Fsp3) is 0.882. The fourth-order valence-corrected chi connectivity index (χ4v) is 1.16. The summed E-state index contributed by atoms with van der Waals surface area (Å²) in [5.74, 6) is -0.155. The van der Waals surface area contributed by atoms with Crippen molar-refractivity contribution < 1.29 is 14.3 Å². The van der Waals surface area contributed by atoms with Gasteiger partial charge in [0.2, 0.25) is 5.91 Å². The molecule has 0 spiro atoms. The molecule has 0 rings (SSSR count). The van der Waals surface area contributed by atoms with Crippen molar-refractivity contribution in [1.82, 2.24) is 10.6 Å². The lowest BCUT2D eigenvalue weighted by molar-refractivity contribution is -0.124. The van der Waals surface area contributed by atoms with Gasteiger partial charge in [0.15, 0.2) is 0 Å². The van der Waals surface area contributed by atoms with Gasteiger partial charge in [-0.25, -0.2) is 4.79 Å². The summed E-state index contributed by atoms with van der Waals surface area (Å²) in [4.78, 5) is 22.9. The van der Waals surface area contributed by atoms with Crippen LogP contribution in [0.15, 0.2) is 0 Å². The highest BCUT2D eigenvalue weighted by atomic mass is 16.5. The zero-order valence-corrected chi connectivity index (χ0v) is 16.1. The van der Waals surface area contributed by atoms with E-state index in [1.807, 2.05) is 41.5 Å². The predicted molar refractivity (Wildman–Crippen MR) is 94.0 cm³/mol. The first-order valence-electron chi connectivity index (χ1n) is 8.48. The summed E-state index contributed by atoms with van der Waals surface area (Å²) in [5.41, 5.74) is 0. The Morgan fingerprint density at radius 1 is 0.955 bits per heavy atom. The third-order valence-corrected chi connectivity index (χ3v) is 2.91. The van der Waals surface area contributed by atoms with Crippen LogP contribution >= 0.6 is 0 Å². The van der Waals surface area contributed by atoms with E-state index in [0.717, 1.165) is 6.42 Å². The van der Waals surface area contributed by atoms with Crippen LogP contribution < -0.4 is 10.6 Å². The number of ether oxygens (including phenoxy) is 1. The van der Waals surface area contributed by atoms with Crippen LogP contribution in [0.2, 0.25) is 0 Å². The van der Waals surface area contributed by atoms with Crippen LogP contribution in [-0.4, -0.2) is 31.2 Å². The van der Waals surface area contributed by atoms with E-state index in [4.69, 9.17) is 0 Å². The van der Waals surface area contributed by atoms with Crippen molar-refractivity contribution in [3.63, 3.8) is 0 Å². The third-order valence-electron chi connectivity index (χ3n) is 2.91. The van der Waals surface area contributed by atoms with Crippen molar-refractivity contribution in [2.75, 3.05) is 7.11 Å². The molecule has 0 aliphatic rings. The van der Waals surface area contributed by atoms with E-state index in [2.05, 4.69) is 29.2 Å². The van der Waals surface area contributed by atoms with Crippen molar-refractivity contribution in [3.05, 3.63) is 0 Å². The molecule has 5 nitrogen and oxygen atoms in total. The summed E-state index contributed by atoms with van der Waals surface area (Å²) >= 11 is 0. The molecular formula is C17H38N2O3. The fourth-order valence-electron chi connectivity index (χ4n) is 1.16. The van der Waals surface area contributed by atoms with Gasteiger partial charge in [0.25, 0.3) is 0 Å². The molecule has 5 heteroatoms. The Hall–Kier alpha value is -1.26. The lowest BCUT2D eigenvalue weighted by Crippen LogP contribution is -2.51. The Kier molecular flexibility index (Phi) is 20.8. The molecule has 0 aliphatic carbocycles. The molecule has 2 unspecified atom stereocenters. The summed E-state index contributed by atoms with van der Waals surface area (Å²) in [6, 6.07) is -0.449. The van der Waals surface area contributed by atoms with Gasteiger partial charge in [0.05, 0.1) is 7.11 Å². The second-order valence-electron chi connectivity index (χ2n) is 5.18. The van der Waals surface area contributed by atoms with Gasteiger partial charge in [-0.2, -0.15) is 0 Å². The van der Waals surface area contributed by atoms with Crippen LogP contribution in [0.5, 0.6) is 0 Å². The van der Waals surface area contributed by atoms with E-state index in [9.17, 15) is 9.59 Å². The van der Waals surface area contributed by atoms with Gasteiger partial charge in [-0.05, 0) is 19.3 Å². The molecule has 2 amide bonds. The smallest absolute Gasteiger partial charge is 0.407 e. The molecule has 0 aliphatic heterocycles. The molecule has 0 bridgehead atoms. The number of rotatable bonds is 6. The SMILES string of the molecule is CC.CCC(C)NC(=O)C(NC(=O)OC)C(C)C.CCCC. The Balaban J connectivity index is -0.000000516. The van der Waals surface area contributed by atoms with E-state index < -0.39 is 12.1 Å². The Morgan fingerprint density at radius 3 is 1.68 bits per heavy atom. The van der Waals surface area contributed by atoms with Crippen LogP contribution in [0.25, 0.3) is 0 Å². The number of hydrogen-bond donors (Lipinski definition) is 2. The Bertz CT molecular complexity index is 267. The molecule has 22 heavy (non-hydrogen) atoms. The summed E-state index contributed by atoms with van der Waals surface area (Å²) < 4.78 is 4.48. The number of hydrogen-bond acceptors (Lipinski definition) is 3. The molecule has 0 aromatic carbocycles. The molecule has 0 aromatic rings. The molecule has 0 aromatic heterocycles. The maximum absolute atomic E-state index is 11.8. The predicted octanol–water partition coefficient (Wildman–Crippen LogP) is 4.11. The molecule has 2 N–H and O–H groups in total. The molecule has 134 valence electrons. The van der Waals surface area contributed by atoms with E-state index in [1.54, 1.807) is 0 Å². The molecule has 0 saturated heterocycles. The number of alkyl carbamates (subject to hydrolysis) is 1. The number of nitrogens with one attached hydrogen (secondary N) is 2. The molecule has 0 saturated carbocycles. The lowest BCUT2D eigenvalue weighted by Gasteiger charge is -2.22. The average Bonchev–Trinajstić information content (AvgIpc) is 2.53. The zero-order chi connectivity index (χ0) is 18.1. The van der Waals surface area contributed by atoms with Gasteiger partial charge in [-0.3, -0.25) is 4.79 Å². The van der Waals surface area contributed by atoms with Gasteiger partial charge >= 0.3 is 6.09 Å². The number of carbonyl (C=O) groups is 2. The minimum absolute atomic E-state index is 0.0168. The highest BCUT2D eigenvalue weighted by Crippen LogP contribution is 2.03. The minimum atomic E-state index is -0.585. The van der Waals surface area contributed by atoms with E-state index >= 15 is 0 Å². The van der Waals surface area contributed by atoms with Crippen LogP contribution in [-0.2, 0) is 9.53 Å². The Labute approximate surface area is 137 Å². The summed E-state index contributed by atoms with van der Waals surface area (Å²) in [6.07, 6.45) is 2.91. The van der Waals surface area contributed by atoms with Crippen molar-refractivity contribution in [3.8, 4) is 0 Å². The molecule has 0 radical (unpaired) electrons. The van der Waals surface area contributed by atoms with Crippen molar-refractivity contribution >= 4 is 12.0 Å². The first kappa shape index (κ1) is 25.7. The molecule has 0 fully saturated rings. The standard InChI is InChI=1S/C11H22N2O3.C4H10.C2H6/c1-6-8(4)12-10(14)9(7(2)3)13-11(15)16-5;1-3-4-2;1-2/h7-9H,6H2,1-5H3,(H,12,14)(H,13,15);3-4H2,1-2H3;1-2H3. The quantitative estimate of drug-likeness (QED) is 0.774.